The van der Waals surface area contributed by atoms with Crippen LogP contribution < -0.4 is 0 Å². The first-order valence-electron chi connectivity index (χ1n) is 5.61. The number of hydrogen-bond acceptors (Lipinski definition) is 2. The zero-order valence-electron chi connectivity index (χ0n) is 9.74. The van der Waals surface area contributed by atoms with Crippen LogP contribution in [-0.2, 0) is 12.4 Å². The summed E-state index contributed by atoms with van der Waals surface area (Å²) in [6, 6.07) is 6.90. The van der Waals surface area contributed by atoms with E-state index in [2.05, 4.69) is 4.98 Å². The number of alkyl halides is 1. The first-order valence-corrected chi connectivity index (χ1v) is 7.23. The van der Waals surface area contributed by atoms with Crippen molar-refractivity contribution in [1.29, 1.82) is 0 Å². The van der Waals surface area contributed by atoms with E-state index in [9.17, 15) is 4.39 Å². The summed E-state index contributed by atoms with van der Waals surface area (Å²) in [4.78, 5) is 4.43. The topological polar surface area (TPSA) is 31.0 Å². The van der Waals surface area contributed by atoms with Crippen molar-refractivity contribution in [2.75, 3.05) is 0 Å². The van der Waals surface area contributed by atoms with Crippen molar-refractivity contribution in [1.82, 2.24) is 9.55 Å². The Kier molecular flexibility index (Phi) is 3.49. The lowest BCUT2D eigenvalue weighted by Crippen LogP contribution is -2.03. The Labute approximate surface area is 127 Å². The molecule has 0 aliphatic carbocycles. The Morgan fingerprint density at radius 2 is 2.26 bits per heavy atom. The number of rotatable bonds is 3. The highest BCUT2D eigenvalue weighted by molar-refractivity contribution is 14.1. The highest BCUT2D eigenvalue weighted by atomic mass is 127. The molecule has 0 unspecified atom stereocenters. The summed E-state index contributed by atoms with van der Waals surface area (Å²) in [7, 11) is 0. The van der Waals surface area contributed by atoms with Crippen LogP contribution in [0.1, 0.15) is 11.6 Å². The van der Waals surface area contributed by atoms with Crippen molar-refractivity contribution in [3.8, 4) is 0 Å². The Morgan fingerprint density at radius 1 is 1.42 bits per heavy atom. The van der Waals surface area contributed by atoms with Crippen LogP contribution in [0, 0.1) is 9.39 Å². The van der Waals surface area contributed by atoms with Crippen molar-refractivity contribution in [2.24, 2.45) is 0 Å². The third-order valence-corrected chi connectivity index (χ3v) is 3.95. The van der Waals surface area contributed by atoms with E-state index in [4.69, 9.17) is 16.0 Å². The predicted octanol–water partition coefficient (Wildman–Crippen LogP) is 4.16. The van der Waals surface area contributed by atoms with Crippen LogP contribution in [0.5, 0.6) is 0 Å². The quantitative estimate of drug-likeness (QED) is 0.497. The second-order valence-corrected chi connectivity index (χ2v) is 5.51. The summed E-state index contributed by atoms with van der Waals surface area (Å²) in [5, 5.41) is 0. The van der Waals surface area contributed by atoms with Crippen molar-refractivity contribution < 1.29 is 8.81 Å². The van der Waals surface area contributed by atoms with Gasteiger partial charge in [0.05, 0.1) is 33.3 Å². The van der Waals surface area contributed by atoms with E-state index in [-0.39, 0.29) is 11.7 Å². The van der Waals surface area contributed by atoms with Crippen molar-refractivity contribution >= 4 is 45.2 Å². The van der Waals surface area contributed by atoms with Crippen LogP contribution in [-0.4, -0.2) is 9.55 Å². The van der Waals surface area contributed by atoms with Crippen LogP contribution in [0.2, 0.25) is 0 Å². The van der Waals surface area contributed by atoms with E-state index in [1.54, 1.807) is 12.3 Å². The third kappa shape index (κ3) is 2.36. The van der Waals surface area contributed by atoms with E-state index in [1.807, 2.05) is 39.3 Å². The summed E-state index contributed by atoms with van der Waals surface area (Å²) >= 11 is 7.87. The molecular weight excluding hydrogens is 382 g/mol. The molecule has 0 fully saturated rings. The third-order valence-electron chi connectivity index (χ3n) is 2.88. The standard InChI is InChI=1S/C13H9ClFIN2O/c14-6-13-17-11-5-10(16)9(15)4-12(11)18(13)7-8-2-1-3-19-8/h1-5H,6-7H2. The molecule has 3 aromatic rings. The number of imidazole rings is 1. The molecule has 0 saturated carbocycles. The molecule has 19 heavy (non-hydrogen) atoms. The van der Waals surface area contributed by atoms with Crippen molar-refractivity contribution in [3.63, 3.8) is 0 Å². The molecule has 0 saturated heterocycles. The van der Waals surface area contributed by atoms with Gasteiger partial charge >= 0.3 is 0 Å². The van der Waals surface area contributed by atoms with E-state index < -0.39 is 0 Å². The number of benzene rings is 1. The van der Waals surface area contributed by atoms with E-state index in [1.165, 1.54) is 6.07 Å². The average molecular weight is 391 g/mol. The summed E-state index contributed by atoms with van der Waals surface area (Å²) in [5.41, 5.74) is 1.47. The molecule has 0 aliphatic heterocycles. The number of fused-ring (bicyclic) bond motifs is 1. The second-order valence-electron chi connectivity index (χ2n) is 4.08. The SMILES string of the molecule is Fc1cc2c(cc1I)nc(CCl)n2Cc1ccco1. The maximum absolute atomic E-state index is 13.7. The molecule has 0 atom stereocenters. The maximum Gasteiger partial charge on any atom is 0.138 e. The van der Waals surface area contributed by atoms with E-state index >= 15 is 0 Å². The maximum atomic E-state index is 13.7. The fourth-order valence-corrected chi connectivity index (χ4v) is 2.66. The summed E-state index contributed by atoms with van der Waals surface area (Å²) < 4.78 is 21.5. The van der Waals surface area contributed by atoms with Gasteiger partial charge in [0, 0.05) is 6.07 Å². The summed E-state index contributed by atoms with van der Waals surface area (Å²) in [6.07, 6.45) is 1.61. The van der Waals surface area contributed by atoms with Gasteiger partial charge in [-0.2, -0.15) is 0 Å². The molecule has 98 valence electrons. The molecule has 0 radical (unpaired) electrons. The molecule has 3 rings (SSSR count). The van der Waals surface area contributed by atoms with Gasteiger partial charge in [-0.3, -0.25) is 0 Å². The normalized spacial score (nSPS) is 11.3. The molecular formula is C13H9ClFIN2O. The van der Waals surface area contributed by atoms with Gasteiger partial charge in [-0.1, -0.05) is 0 Å². The highest BCUT2D eigenvalue weighted by Crippen LogP contribution is 2.23. The molecule has 0 N–H and O–H groups in total. The van der Waals surface area contributed by atoms with Crippen LogP contribution in [0.4, 0.5) is 4.39 Å². The number of hydrogen-bond donors (Lipinski definition) is 0. The lowest BCUT2D eigenvalue weighted by molar-refractivity contribution is 0.493. The van der Waals surface area contributed by atoms with Gasteiger partial charge in [-0.25, -0.2) is 9.37 Å². The Hall–Kier alpha value is -1.08. The highest BCUT2D eigenvalue weighted by Gasteiger charge is 2.14. The Balaban J connectivity index is 2.17. The Morgan fingerprint density at radius 3 is 2.95 bits per heavy atom. The first kappa shape index (κ1) is 12.9. The van der Waals surface area contributed by atoms with Crippen LogP contribution in [0.3, 0.4) is 0 Å². The van der Waals surface area contributed by atoms with Gasteiger partial charge in [0.2, 0.25) is 0 Å². The van der Waals surface area contributed by atoms with Crippen molar-refractivity contribution in [3.05, 3.63) is 51.5 Å². The van der Waals surface area contributed by atoms with Crippen LogP contribution in [0.25, 0.3) is 11.0 Å². The van der Waals surface area contributed by atoms with Crippen molar-refractivity contribution in [2.45, 2.75) is 12.4 Å². The largest absolute Gasteiger partial charge is 0.467 e. The van der Waals surface area contributed by atoms with Crippen LogP contribution >= 0.6 is 34.2 Å². The average Bonchev–Trinajstić information content (AvgIpc) is 3.00. The van der Waals surface area contributed by atoms with Gasteiger partial charge in [0.25, 0.3) is 0 Å². The first-order chi connectivity index (χ1) is 9.19. The monoisotopic (exact) mass is 390 g/mol. The minimum atomic E-state index is -0.255. The lowest BCUT2D eigenvalue weighted by Gasteiger charge is -2.05. The summed E-state index contributed by atoms with van der Waals surface area (Å²) in [6.45, 7) is 0.492. The molecule has 0 spiro atoms. The summed E-state index contributed by atoms with van der Waals surface area (Å²) in [5.74, 6) is 1.50. The molecule has 2 aromatic heterocycles. The number of aromatic nitrogens is 2. The molecule has 0 amide bonds. The predicted molar refractivity (Wildman–Crippen MR) is 79.8 cm³/mol. The van der Waals surface area contributed by atoms with E-state index in [0.717, 1.165) is 16.8 Å². The molecule has 2 heterocycles. The second kappa shape index (κ2) is 5.13. The lowest BCUT2D eigenvalue weighted by atomic mass is 10.3. The smallest absolute Gasteiger partial charge is 0.138 e. The number of nitrogens with zero attached hydrogens (tertiary/aromatic N) is 2. The number of furan rings is 1. The molecule has 1 aromatic carbocycles. The van der Waals surface area contributed by atoms with Gasteiger partial charge in [0.1, 0.15) is 17.4 Å². The molecule has 0 bridgehead atoms. The fraction of sp³-hybridized carbons (Fsp3) is 0.154. The zero-order valence-corrected chi connectivity index (χ0v) is 12.7. The minimum absolute atomic E-state index is 0.255. The Bertz CT molecular complexity index is 724. The zero-order chi connectivity index (χ0) is 13.4. The van der Waals surface area contributed by atoms with Gasteiger partial charge in [0.15, 0.2) is 0 Å². The molecule has 6 heteroatoms. The van der Waals surface area contributed by atoms with Gasteiger partial charge < -0.3 is 8.98 Å². The molecule has 0 aliphatic rings. The minimum Gasteiger partial charge on any atom is -0.467 e. The molecule has 3 nitrogen and oxygen atoms in total. The van der Waals surface area contributed by atoms with Gasteiger partial charge in [-0.05, 0) is 40.8 Å². The van der Waals surface area contributed by atoms with E-state index in [0.29, 0.717) is 15.9 Å². The number of halogens is 3. The van der Waals surface area contributed by atoms with Gasteiger partial charge in [-0.15, -0.1) is 11.6 Å². The van der Waals surface area contributed by atoms with Crippen LogP contribution in [0.15, 0.2) is 34.9 Å². The fourth-order valence-electron chi connectivity index (χ4n) is 2.01.